The van der Waals surface area contributed by atoms with E-state index in [2.05, 4.69) is 31.7 Å². The van der Waals surface area contributed by atoms with E-state index in [1.807, 2.05) is 0 Å². The highest BCUT2D eigenvalue weighted by atomic mass is 79.9. The zero-order valence-electron chi connectivity index (χ0n) is 10.2. The minimum absolute atomic E-state index is 0.0298. The SMILES string of the molecule is O=c1c(Br)c(NC2CCNC2)cnn1CC1CC1. The Kier molecular flexibility index (Phi) is 3.39. The maximum absolute atomic E-state index is 12.1. The molecule has 5 nitrogen and oxygen atoms in total. The summed E-state index contributed by atoms with van der Waals surface area (Å²) >= 11 is 3.39. The van der Waals surface area contributed by atoms with Crippen LogP contribution in [0.25, 0.3) is 0 Å². The fraction of sp³-hybridized carbons (Fsp3) is 0.667. The summed E-state index contributed by atoms with van der Waals surface area (Å²) < 4.78 is 2.17. The zero-order valence-corrected chi connectivity index (χ0v) is 11.7. The highest BCUT2D eigenvalue weighted by Gasteiger charge is 2.24. The van der Waals surface area contributed by atoms with Gasteiger partial charge in [-0.1, -0.05) is 0 Å². The van der Waals surface area contributed by atoms with E-state index in [0.717, 1.165) is 31.7 Å². The normalized spacial score (nSPS) is 23.3. The van der Waals surface area contributed by atoms with Crippen LogP contribution in [0.3, 0.4) is 0 Å². The molecular weight excluding hydrogens is 296 g/mol. The molecule has 2 N–H and O–H groups in total. The van der Waals surface area contributed by atoms with Crippen LogP contribution in [-0.2, 0) is 6.54 Å². The van der Waals surface area contributed by atoms with Gasteiger partial charge in [-0.15, -0.1) is 0 Å². The van der Waals surface area contributed by atoms with Crippen LogP contribution in [0.1, 0.15) is 19.3 Å². The number of halogens is 1. The number of anilines is 1. The lowest BCUT2D eigenvalue weighted by molar-refractivity contribution is 0.531. The van der Waals surface area contributed by atoms with E-state index in [1.165, 1.54) is 12.8 Å². The number of aromatic nitrogens is 2. The summed E-state index contributed by atoms with van der Waals surface area (Å²) in [6.45, 7) is 2.72. The van der Waals surface area contributed by atoms with Crippen molar-refractivity contribution < 1.29 is 0 Å². The molecule has 1 atom stereocenters. The Labute approximate surface area is 114 Å². The molecule has 3 rings (SSSR count). The van der Waals surface area contributed by atoms with E-state index >= 15 is 0 Å². The van der Waals surface area contributed by atoms with Gasteiger partial charge >= 0.3 is 0 Å². The Hall–Kier alpha value is -0.880. The summed E-state index contributed by atoms with van der Waals surface area (Å²) in [6.07, 6.45) is 5.28. The highest BCUT2D eigenvalue weighted by molar-refractivity contribution is 9.10. The predicted molar refractivity (Wildman–Crippen MR) is 73.8 cm³/mol. The van der Waals surface area contributed by atoms with E-state index in [9.17, 15) is 4.79 Å². The van der Waals surface area contributed by atoms with Gasteiger partial charge in [0.25, 0.3) is 5.56 Å². The van der Waals surface area contributed by atoms with Gasteiger partial charge in [0.15, 0.2) is 0 Å². The van der Waals surface area contributed by atoms with E-state index < -0.39 is 0 Å². The minimum atomic E-state index is -0.0298. The second-order valence-electron chi connectivity index (χ2n) is 5.14. The van der Waals surface area contributed by atoms with Crippen LogP contribution in [0, 0.1) is 5.92 Å². The van der Waals surface area contributed by atoms with Crippen molar-refractivity contribution in [2.45, 2.75) is 31.8 Å². The van der Waals surface area contributed by atoms with E-state index in [-0.39, 0.29) is 5.56 Å². The Balaban J connectivity index is 1.77. The number of hydrogen-bond acceptors (Lipinski definition) is 4. The monoisotopic (exact) mass is 312 g/mol. The molecule has 1 aliphatic carbocycles. The fourth-order valence-corrected chi connectivity index (χ4v) is 2.66. The van der Waals surface area contributed by atoms with Gasteiger partial charge in [0.2, 0.25) is 0 Å². The molecule has 98 valence electrons. The molecule has 0 spiro atoms. The highest BCUT2D eigenvalue weighted by Crippen LogP contribution is 2.30. The summed E-state index contributed by atoms with van der Waals surface area (Å²) in [6, 6.07) is 0.391. The first-order valence-electron chi connectivity index (χ1n) is 6.47. The second-order valence-corrected chi connectivity index (χ2v) is 5.93. The van der Waals surface area contributed by atoms with Crippen LogP contribution in [0.2, 0.25) is 0 Å². The van der Waals surface area contributed by atoms with Crippen LogP contribution in [0.5, 0.6) is 0 Å². The maximum atomic E-state index is 12.1. The summed E-state index contributed by atoms with van der Waals surface area (Å²) in [5.41, 5.74) is 0.776. The fourth-order valence-electron chi connectivity index (χ4n) is 2.24. The second kappa shape index (κ2) is 5.01. The van der Waals surface area contributed by atoms with Crippen LogP contribution in [0.4, 0.5) is 5.69 Å². The van der Waals surface area contributed by atoms with Gasteiger partial charge in [0, 0.05) is 19.1 Å². The molecule has 1 aliphatic heterocycles. The number of hydrogen-bond donors (Lipinski definition) is 2. The van der Waals surface area contributed by atoms with Crippen LogP contribution in [0.15, 0.2) is 15.5 Å². The third-order valence-electron chi connectivity index (χ3n) is 3.53. The summed E-state index contributed by atoms with van der Waals surface area (Å²) in [7, 11) is 0. The Bertz CT molecular complexity index is 491. The Morgan fingerprint density at radius 3 is 3.00 bits per heavy atom. The van der Waals surface area contributed by atoms with E-state index in [0.29, 0.717) is 16.4 Å². The lowest BCUT2D eigenvalue weighted by atomic mass is 10.2. The maximum Gasteiger partial charge on any atom is 0.283 e. The lowest BCUT2D eigenvalue weighted by Gasteiger charge is -2.14. The third kappa shape index (κ3) is 2.59. The van der Waals surface area contributed by atoms with Crippen molar-refractivity contribution in [2.24, 2.45) is 5.92 Å². The van der Waals surface area contributed by atoms with Gasteiger partial charge in [-0.05, 0) is 47.7 Å². The quantitative estimate of drug-likeness (QED) is 0.877. The molecule has 1 aromatic rings. The summed E-state index contributed by atoms with van der Waals surface area (Å²) in [5.74, 6) is 0.653. The standard InChI is InChI=1S/C12H17BrN4O/c13-11-10(16-9-3-4-14-5-9)6-15-17(12(11)18)7-8-1-2-8/h6,8-9,14,16H,1-5,7H2. The Morgan fingerprint density at radius 2 is 2.33 bits per heavy atom. The molecule has 0 radical (unpaired) electrons. The molecule has 0 bridgehead atoms. The van der Waals surface area contributed by atoms with Crippen LogP contribution >= 0.6 is 15.9 Å². The smallest absolute Gasteiger partial charge is 0.283 e. The molecule has 2 heterocycles. The van der Waals surface area contributed by atoms with Crippen LogP contribution < -0.4 is 16.2 Å². The first kappa shape index (κ1) is 12.2. The van der Waals surface area contributed by atoms with E-state index in [1.54, 1.807) is 10.9 Å². The van der Waals surface area contributed by atoms with Gasteiger partial charge in [0.1, 0.15) is 4.47 Å². The average Bonchev–Trinajstić information content (AvgIpc) is 3.03. The molecule has 0 amide bonds. The minimum Gasteiger partial charge on any atom is -0.379 e. The van der Waals surface area contributed by atoms with Crippen molar-refractivity contribution in [2.75, 3.05) is 18.4 Å². The summed E-state index contributed by atoms with van der Waals surface area (Å²) in [4.78, 5) is 12.1. The molecular formula is C12H17BrN4O. The van der Waals surface area contributed by atoms with Crippen molar-refractivity contribution in [3.63, 3.8) is 0 Å². The zero-order chi connectivity index (χ0) is 12.5. The van der Waals surface area contributed by atoms with Crippen molar-refractivity contribution >= 4 is 21.6 Å². The molecule has 18 heavy (non-hydrogen) atoms. The molecule has 1 unspecified atom stereocenters. The van der Waals surface area contributed by atoms with Gasteiger partial charge in [0.05, 0.1) is 11.9 Å². The predicted octanol–water partition coefficient (Wildman–Crippen LogP) is 1.19. The number of nitrogens with one attached hydrogen (secondary N) is 2. The van der Waals surface area contributed by atoms with Crippen molar-refractivity contribution in [1.29, 1.82) is 0 Å². The van der Waals surface area contributed by atoms with Crippen molar-refractivity contribution in [3.05, 3.63) is 21.0 Å². The van der Waals surface area contributed by atoms with E-state index in [4.69, 9.17) is 0 Å². The molecule has 6 heteroatoms. The largest absolute Gasteiger partial charge is 0.379 e. The van der Waals surface area contributed by atoms with Crippen LogP contribution in [-0.4, -0.2) is 28.9 Å². The topological polar surface area (TPSA) is 59.0 Å². The first-order valence-corrected chi connectivity index (χ1v) is 7.26. The molecule has 1 aromatic heterocycles. The van der Waals surface area contributed by atoms with Crippen molar-refractivity contribution in [1.82, 2.24) is 15.1 Å². The average molecular weight is 313 g/mol. The van der Waals surface area contributed by atoms with Gasteiger partial charge in [-0.2, -0.15) is 5.10 Å². The molecule has 2 aliphatic rings. The van der Waals surface area contributed by atoms with Gasteiger partial charge in [-0.25, -0.2) is 4.68 Å². The molecule has 1 saturated carbocycles. The van der Waals surface area contributed by atoms with Gasteiger partial charge < -0.3 is 10.6 Å². The molecule has 1 saturated heterocycles. The Morgan fingerprint density at radius 1 is 1.50 bits per heavy atom. The number of rotatable bonds is 4. The summed E-state index contributed by atoms with van der Waals surface area (Å²) in [5, 5.41) is 10.9. The lowest BCUT2D eigenvalue weighted by Crippen LogP contribution is -2.28. The molecule has 2 fully saturated rings. The molecule has 0 aromatic carbocycles. The number of nitrogens with zero attached hydrogens (tertiary/aromatic N) is 2. The third-order valence-corrected chi connectivity index (χ3v) is 4.30. The van der Waals surface area contributed by atoms with Crippen molar-refractivity contribution in [3.8, 4) is 0 Å². The van der Waals surface area contributed by atoms with Gasteiger partial charge in [-0.3, -0.25) is 4.79 Å². The first-order chi connectivity index (χ1) is 8.74.